The van der Waals surface area contributed by atoms with Crippen molar-refractivity contribution in [3.63, 3.8) is 0 Å². The Morgan fingerprint density at radius 3 is 2.66 bits per heavy atom. The van der Waals surface area contributed by atoms with Gasteiger partial charge in [0.2, 0.25) is 0 Å². The van der Waals surface area contributed by atoms with Crippen LogP contribution < -0.4 is 15.4 Å². The molecule has 0 fully saturated rings. The van der Waals surface area contributed by atoms with E-state index in [2.05, 4.69) is 20.6 Å². The first-order valence-electron chi connectivity index (χ1n) is 9.45. The molecule has 0 aliphatic rings. The third kappa shape index (κ3) is 4.55. The van der Waals surface area contributed by atoms with Gasteiger partial charge in [-0.1, -0.05) is 36.4 Å². The molecule has 0 aliphatic carbocycles. The Hall–Kier alpha value is -3.80. The van der Waals surface area contributed by atoms with Crippen LogP contribution in [0.3, 0.4) is 0 Å². The van der Waals surface area contributed by atoms with Crippen LogP contribution in [-0.2, 0) is 12.8 Å². The summed E-state index contributed by atoms with van der Waals surface area (Å²) in [5.74, 6) is 1.57. The molecule has 29 heavy (non-hydrogen) atoms. The van der Waals surface area contributed by atoms with Gasteiger partial charge in [0.15, 0.2) is 0 Å². The van der Waals surface area contributed by atoms with Crippen LogP contribution in [0.5, 0.6) is 5.75 Å². The lowest BCUT2D eigenvalue weighted by molar-refractivity contribution is 0.262. The quantitative estimate of drug-likeness (QED) is 0.436. The van der Waals surface area contributed by atoms with Crippen molar-refractivity contribution in [2.24, 2.45) is 0 Å². The number of fused-ring (bicyclic) bond motifs is 1. The highest BCUT2D eigenvalue weighted by Crippen LogP contribution is 2.23. The number of nitrogens with zero attached hydrogens (tertiary/aromatic N) is 1. The molecular weight excluding hydrogens is 364 g/mol. The molecule has 0 atom stereocenters. The summed E-state index contributed by atoms with van der Waals surface area (Å²) in [4.78, 5) is 20.3. The SMILES string of the molecule is COc1ccccc1NC(=O)Nc1cccc(CCc2nc3ccccc3[nH]2)c1. The second-order valence-electron chi connectivity index (χ2n) is 6.68. The second kappa shape index (κ2) is 8.48. The zero-order valence-corrected chi connectivity index (χ0v) is 16.1. The molecule has 0 bridgehead atoms. The Labute approximate surface area is 168 Å². The molecule has 2 amide bonds. The van der Waals surface area contributed by atoms with Crippen LogP contribution in [0.2, 0.25) is 0 Å². The standard InChI is InChI=1S/C23H22N4O2/c1-29-21-12-5-4-11-20(21)27-23(28)24-17-8-6-7-16(15-17)13-14-22-25-18-9-2-3-10-19(18)26-22/h2-12,15H,13-14H2,1H3,(H,25,26)(H2,24,27,28). The van der Waals surface area contributed by atoms with Gasteiger partial charge in [-0.3, -0.25) is 0 Å². The predicted octanol–water partition coefficient (Wildman–Crippen LogP) is 5.00. The zero-order valence-electron chi connectivity index (χ0n) is 16.1. The van der Waals surface area contributed by atoms with Gasteiger partial charge in [-0.2, -0.15) is 0 Å². The number of para-hydroxylation sites is 4. The predicted molar refractivity (Wildman–Crippen MR) is 116 cm³/mol. The fraction of sp³-hybridized carbons (Fsp3) is 0.130. The Bertz CT molecular complexity index is 1100. The molecule has 6 heteroatoms. The number of benzene rings is 3. The number of hydrogen-bond acceptors (Lipinski definition) is 3. The molecule has 0 radical (unpaired) electrons. The number of amides is 2. The van der Waals surface area contributed by atoms with Crippen molar-refractivity contribution in [3.8, 4) is 5.75 Å². The van der Waals surface area contributed by atoms with Gasteiger partial charge in [-0.25, -0.2) is 9.78 Å². The number of urea groups is 1. The monoisotopic (exact) mass is 386 g/mol. The summed E-state index contributed by atoms with van der Waals surface area (Å²) in [6, 6.07) is 22.8. The van der Waals surface area contributed by atoms with E-state index in [1.807, 2.05) is 60.7 Å². The molecule has 0 spiro atoms. The third-order valence-corrected chi connectivity index (χ3v) is 4.63. The summed E-state index contributed by atoms with van der Waals surface area (Å²) in [6.07, 6.45) is 1.62. The Morgan fingerprint density at radius 2 is 1.79 bits per heavy atom. The van der Waals surface area contributed by atoms with Gasteiger partial charge in [-0.15, -0.1) is 0 Å². The van der Waals surface area contributed by atoms with E-state index in [1.165, 1.54) is 0 Å². The molecule has 0 saturated carbocycles. The average molecular weight is 386 g/mol. The van der Waals surface area contributed by atoms with E-state index in [4.69, 9.17) is 4.74 Å². The Kier molecular flexibility index (Phi) is 5.42. The Balaban J connectivity index is 1.38. The number of methoxy groups -OCH3 is 1. The molecule has 0 aliphatic heterocycles. The molecule has 146 valence electrons. The minimum Gasteiger partial charge on any atom is -0.495 e. The highest BCUT2D eigenvalue weighted by molar-refractivity contribution is 6.00. The van der Waals surface area contributed by atoms with E-state index in [-0.39, 0.29) is 6.03 Å². The van der Waals surface area contributed by atoms with Gasteiger partial charge >= 0.3 is 6.03 Å². The van der Waals surface area contributed by atoms with E-state index in [0.717, 1.165) is 41.0 Å². The number of aromatic nitrogens is 2. The van der Waals surface area contributed by atoms with Crippen molar-refractivity contribution in [1.29, 1.82) is 0 Å². The number of anilines is 2. The Morgan fingerprint density at radius 1 is 0.966 bits per heavy atom. The first-order chi connectivity index (χ1) is 14.2. The summed E-state index contributed by atoms with van der Waals surface area (Å²) in [5, 5.41) is 5.68. The van der Waals surface area contributed by atoms with E-state index in [1.54, 1.807) is 19.2 Å². The minimum atomic E-state index is -0.316. The largest absolute Gasteiger partial charge is 0.495 e. The third-order valence-electron chi connectivity index (χ3n) is 4.63. The van der Waals surface area contributed by atoms with Crippen LogP contribution in [0.15, 0.2) is 72.8 Å². The van der Waals surface area contributed by atoms with E-state index < -0.39 is 0 Å². The lowest BCUT2D eigenvalue weighted by Crippen LogP contribution is -2.19. The van der Waals surface area contributed by atoms with Gasteiger partial charge in [0.25, 0.3) is 0 Å². The van der Waals surface area contributed by atoms with Crippen molar-refractivity contribution in [3.05, 3.63) is 84.2 Å². The van der Waals surface area contributed by atoms with Crippen LogP contribution in [0.1, 0.15) is 11.4 Å². The number of carbonyl (C=O) groups is 1. The molecular formula is C23H22N4O2. The number of rotatable bonds is 6. The molecule has 3 N–H and O–H groups in total. The number of H-pyrrole nitrogens is 1. The van der Waals surface area contributed by atoms with Crippen LogP contribution in [-0.4, -0.2) is 23.1 Å². The summed E-state index contributed by atoms with van der Waals surface area (Å²) in [5.41, 5.74) is 4.51. The lowest BCUT2D eigenvalue weighted by Gasteiger charge is -2.11. The zero-order chi connectivity index (χ0) is 20.1. The average Bonchev–Trinajstić information content (AvgIpc) is 3.16. The topological polar surface area (TPSA) is 79.0 Å². The maximum absolute atomic E-state index is 12.3. The van der Waals surface area contributed by atoms with E-state index >= 15 is 0 Å². The van der Waals surface area contributed by atoms with Crippen LogP contribution in [0.25, 0.3) is 11.0 Å². The summed E-state index contributed by atoms with van der Waals surface area (Å²) in [6.45, 7) is 0. The molecule has 1 heterocycles. The first-order valence-corrected chi connectivity index (χ1v) is 9.45. The summed E-state index contributed by atoms with van der Waals surface area (Å²) in [7, 11) is 1.57. The number of imidazole rings is 1. The number of hydrogen-bond donors (Lipinski definition) is 3. The van der Waals surface area contributed by atoms with Crippen LogP contribution in [0, 0.1) is 0 Å². The van der Waals surface area contributed by atoms with Gasteiger partial charge in [-0.05, 0) is 48.4 Å². The van der Waals surface area contributed by atoms with E-state index in [9.17, 15) is 4.79 Å². The lowest BCUT2D eigenvalue weighted by atomic mass is 10.1. The van der Waals surface area contributed by atoms with Crippen molar-refractivity contribution in [2.45, 2.75) is 12.8 Å². The van der Waals surface area contributed by atoms with Crippen LogP contribution >= 0.6 is 0 Å². The normalized spacial score (nSPS) is 10.7. The van der Waals surface area contributed by atoms with Crippen LogP contribution in [0.4, 0.5) is 16.2 Å². The van der Waals surface area contributed by atoms with Crippen molar-refractivity contribution in [1.82, 2.24) is 9.97 Å². The number of aromatic amines is 1. The summed E-state index contributed by atoms with van der Waals surface area (Å²) < 4.78 is 5.26. The van der Waals surface area contributed by atoms with Crippen molar-refractivity contribution < 1.29 is 9.53 Å². The van der Waals surface area contributed by atoms with Crippen molar-refractivity contribution >= 4 is 28.4 Å². The fourth-order valence-corrected chi connectivity index (χ4v) is 3.22. The second-order valence-corrected chi connectivity index (χ2v) is 6.68. The molecule has 0 saturated heterocycles. The highest BCUT2D eigenvalue weighted by atomic mass is 16.5. The number of nitrogens with one attached hydrogen (secondary N) is 3. The highest BCUT2D eigenvalue weighted by Gasteiger charge is 2.08. The molecule has 4 rings (SSSR count). The first kappa shape index (κ1) is 18.6. The van der Waals surface area contributed by atoms with Crippen molar-refractivity contribution in [2.75, 3.05) is 17.7 Å². The molecule has 3 aromatic carbocycles. The van der Waals surface area contributed by atoms with Gasteiger partial charge < -0.3 is 20.4 Å². The maximum atomic E-state index is 12.3. The molecule has 4 aromatic rings. The van der Waals surface area contributed by atoms with Gasteiger partial charge in [0, 0.05) is 12.1 Å². The number of ether oxygens (including phenoxy) is 1. The number of carbonyl (C=O) groups excluding carboxylic acids is 1. The van der Waals surface area contributed by atoms with Gasteiger partial charge in [0.05, 0.1) is 23.8 Å². The fourth-order valence-electron chi connectivity index (χ4n) is 3.22. The molecule has 0 unspecified atom stereocenters. The smallest absolute Gasteiger partial charge is 0.323 e. The molecule has 1 aromatic heterocycles. The van der Waals surface area contributed by atoms with Gasteiger partial charge in [0.1, 0.15) is 11.6 Å². The summed E-state index contributed by atoms with van der Waals surface area (Å²) >= 11 is 0. The number of aryl methyl sites for hydroxylation is 2. The molecule has 6 nitrogen and oxygen atoms in total. The minimum absolute atomic E-state index is 0.316. The maximum Gasteiger partial charge on any atom is 0.323 e. The van der Waals surface area contributed by atoms with E-state index in [0.29, 0.717) is 11.4 Å².